The van der Waals surface area contributed by atoms with Crippen molar-refractivity contribution >= 4 is 22.5 Å². The zero-order valence-electron chi connectivity index (χ0n) is 12.4. The van der Waals surface area contributed by atoms with Gasteiger partial charge in [-0.25, -0.2) is 9.78 Å². The third kappa shape index (κ3) is 4.46. The SMILES string of the molecule is COc1cccc(CCNC(=O)Nc2nc(C)c(C)s2)c1. The van der Waals surface area contributed by atoms with Crippen LogP contribution in [0.5, 0.6) is 5.75 Å². The summed E-state index contributed by atoms with van der Waals surface area (Å²) in [7, 11) is 1.64. The van der Waals surface area contributed by atoms with Crippen LogP contribution in [0.15, 0.2) is 24.3 Å². The van der Waals surface area contributed by atoms with Crippen LogP contribution in [0.4, 0.5) is 9.93 Å². The number of methoxy groups -OCH3 is 1. The van der Waals surface area contributed by atoms with Crippen LogP contribution in [-0.4, -0.2) is 24.7 Å². The molecule has 1 aromatic carbocycles. The highest BCUT2D eigenvalue weighted by atomic mass is 32.1. The molecular formula is C15H19N3O2S. The summed E-state index contributed by atoms with van der Waals surface area (Å²) in [5, 5.41) is 6.20. The molecule has 6 heteroatoms. The van der Waals surface area contributed by atoms with Crippen molar-refractivity contribution < 1.29 is 9.53 Å². The minimum absolute atomic E-state index is 0.230. The normalized spacial score (nSPS) is 10.2. The number of nitrogens with zero attached hydrogens (tertiary/aromatic N) is 1. The molecule has 2 aromatic rings. The Morgan fingerprint density at radius 2 is 2.19 bits per heavy atom. The van der Waals surface area contributed by atoms with E-state index in [2.05, 4.69) is 15.6 Å². The van der Waals surface area contributed by atoms with E-state index < -0.39 is 0 Å². The Kier molecular flexibility index (Phi) is 5.16. The number of ether oxygens (including phenoxy) is 1. The highest BCUT2D eigenvalue weighted by molar-refractivity contribution is 7.15. The van der Waals surface area contributed by atoms with Crippen molar-refractivity contribution in [1.82, 2.24) is 10.3 Å². The monoisotopic (exact) mass is 305 g/mol. The molecule has 0 atom stereocenters. The van der Waals surface area contributed by atoms with Crippen molar-refractivity contribution in [3.63, 3.8) is 0 Å². The first-order valence-electron chi connectivity index (χ1n) is 6.70. The number of rotatable bonds is 5. The van der Waals surface area contributed by atoms with Gasteiger partial charge in [0.05, 0.1) is 12.8 Å². The Balaban J connectivity index is 1.78. The maximum atomic E-state index is 11.8. The largest absolute Gasteiger partial charge is 0.497 e. The fraction of sp³-hybridized carbons (Fsp3) is 0.333. The summed E-state index contributed by atoms with van der Waals surface area (Å²) in [4.78, 5) is 17.1. The minimum Gasteiger partial charge on any atom is -0.497 e. The lowest BCUT2D eigenvalue weighted by Gasteiger charge is -2.06. The second-order valence-corrected chi connectivity index (χ2v) is 5.85. The average molecular weight is 305 g/mol. The summed E-state index contributed by atoms with van der Waals surface area (Å²) in [5.74, 6) is 0.825. The number of carbonyl (C=O) groups is 1. The van der Waals surface area contributed by atoms with Gasteiger partial charge in [-0.2, -0.15) is 0 Å². The number of hydrogen-bond donors (Lipinski definition) is 2. The number of anilines is 1. The molecule has 2 N–H and O–H groups in total. The fourth-order valence-electron chi connectivity index (χ4n) is 1.82. The van der Waals surface area contributed by atoms with Crippen LogP contribution in [0.3, 0.4) is 0 Å². The van der Waals surface area contributed by atoms with Gasteiger partial charge in [-0.1, -0.05) is 12.1 Å². The molecule has 0 radical (unpaired) electrons. The number of benzene rings is 1. The molecule has 2 rings (SSSR count). The summed E-state index contributed by atoms with van der Waals surface area (Å²) in [6, 6.07) is 7.58. The number of urea groups is 1. The molecule has 0 unspecified atom stereocenters. The lowest BCUT2D eigenvalue weighted by Crippen LogP contribution is -2.30. The molecule has 0 spiro atoms. The Bertz CT molecular complexity index is 606. The van der Waals surface area contributed by atoms with Crippen molar-refractivity contribution in [2.45, 2.75) is 20.3 Å². The van der Waals surface area contributed by atoms with Crippen LogP contribution >= 0.6 is 11.3 Å². The molecule has 0 aliphatic rings. The second kappa shape index (κ2) is 7.08. The summed E-state index contributed by atoms with van der Waals surface area (Å²) < 4.78 is 5.17. The van der Waals surface area contributed by atoms with E-state index >= 15 is 0 Å². The Labute approximate surface area is 128 Å². The fourth-order valence-corrected chi connectivity index (χ4v) is 2.63. The summed E-state index contributed by atoms with van der Waals surface area (Å²) in [6.07, 6.45) is 0.751. The zero-order chi connectivity index (χ0) is 15.2. The number of thiazole rings is 1. The molecule has 0 fully saturated rings. The summed E-state index contributed by atoms with van der Waals surface area (Å²) in [5.41, 5.74) is 2.07. The standard InChI is InChI=1S/C15H19N3O2S/c1-10-11(2)21-15(17-10)18-14(19)16-8-7-12-5-4-6-13(9-12)20-3/h4-6,9H,7-8H2,1-3H3,(H2,16,17,18,19). The molecule has 0 saturated carbocycles. The average Bonchev–Trinajstić information content (AvgIpc) is 2.77. The molecule has 0 bridgehead atoms. The molecule has 1 heterocycles. The molecule has 5 nitrogen and oxygen atoms in total. The van der Waals surface area contributed by atoms with Gasteiger partial charge in [-0.05, 0) is 38.0 Å². The number of aromatic nitrogens is 1. The first-order chi connectivity index (χ1) is 10.1. The van der Waals surface area contributed by atoms with Gasteiger partial charge in [0.15, 0.2) is 5.13 Å². The maximum Gasteiger partial charge on any atom is 0.321 e. The highest BCUT2D eigenvalue weighted by Crippen LogP contribution is 2.20. The van der Waals surface area contributed by atoms with E-state index in [1.807, 2.05) is 38.1 Å². The van der Waals surface area contributed by atoms with Crippen molar-refractivity contribution in [1.29, 1.82) is 0 Å². The van der Waals surface area contributed by atoms with Gasteiger partial charge in [0.1, 0.15) is 5.75 Å². The van der Waals surface area contributed by atoms with Gasteiger partial charge >= 0.3 is 6.03 Å². The van der Waals surface area contributed by atoms with Gasteiger partial charge in [0.25, 0.3) is 0 Å². The molecule has 0 aliphatic heterocycles. The number of hydrogen-bond acceptors (Lipinski definition) is 4. The van der Waals surface area contributed by atoms with Crippen LogP contribution in [0, 0.1) is 13.8 Å². The molecule has 0 aliphatic carbocycles. The summed E-state index contributed by atoms with van der Waals surface area (Å²) >= 11 is 1.48. The van der Waals surface area contributed by atoms with Gasteiger partial charge in [-0.15, -0.1) is 11.3 Å². The number of amides is 2. The third-order valence-electron chi connectivity index (χ3n) is 3.08. The predicted octanol–water partition coefficient (Wildman–Crippen LogP) is 3.13. The van der Waals surface area contributed by atoms with Crippen LogP contribution in [0.25, 0.3) is 0 Å². The van der Waals surface area contributed by atoms with Crippen LogP contribution in [-0.2, 0) is 6.42 Å². The molecule has 112 valence electrons. The van der Waals surface area contributed by atoms with Crippen molar-refractivity contribution in [2.75, 3.05) is 19.0 Å². The highest BCUT2D eigenvalue weighted by Gasteiger charge is 2.07. The van der Waals surface area contributed by atoms with E-state index in [9.17, 15) is 4.79 Å². The molecule has 21 heavy (non-hydrogen) atoms. The van der Waals surface area contributed by atoms with E-state index in [0.29, 0.717) is 11.7 Å². The zero-order valence-corrected chi connectivity index (χ0v) is 13.2. The Hall–Kier alpha value is -2.08. The van der Waals surface area contributed by atoms with Crippen molar-refractivity contribution in [3.05, 3.63) is 40.4 Å². The lowest BCUT2D eigenvalue weighted by molar-refractivity contribution is 0.252. The van der Waals surface area contributed by atoms with E-state index in [-0.39, 0.29) is 6.03 Å². The summed E-state index contributed by atoms with van der Waals surface area (Å²) in [6.45, 7) is 4.47. The van der Waals surface area contributed by atoms with Crippen LogP contribution < -0.4 is 15.4 Å². The van der Waals surface area contributed by atoms with E-state index in [1.165, 1.54) is 11.3 Å². The predicted molar refractivity (Wildman–Crippen MR) is 85.3 cm³/mol. The van der Waals surface area contributed by atoms with E-state index in [0.717, 1.165) is 28.3 Å². The topological polar surface area (TPSA) is 63.2 Å². The quantitative estimate of drug-likeness (QED) is 0.892. The molecular weight excluding hydrogens is 286 g/mol. The number of aryl methyl sites for hydroxylation is 2. The number of nitrogens with one attached hydrogen (secondary N) is 2. The van der Waals surface area contributed by atoms with Crippen molar-refractivity contribution in [2.24, 2.45) is 0 Å². The van der Waals surface area contributed by atoms with Crippen molar-refractivity contribution in [3.8, 4) is 5.75 Å². The number of carbonyl (C=O) groups excluding carboxylic acids is 1. The van der Waals surface area contributed by atoms with Crippen LogP contribution in [0.1, 0.15) is 16.1 Å². The second-order valence-electron chi connectivity index (χ2n) is 4.64. The lowest BCUT2D eigenvalue weighted by atomic mass is 10.1. The van der Waals surface area contributed by atoms with E-state index in [1.54, 1.807) is 7.11 Å². The van der Waals surface area contributed by atoms with Gasteiger partial charge in [0.2, 0.25) is 0 Å². The molecule has 0 saturated heterocycles. The Morgan fingerprint density at radius 3 is 2.86 bits per heavy atom. The van der Waals surface area contributed by atoms with Crippen LogP contribution in [0.2, 0.25) is 0 Å². The maximum absolute atomic E-state index is 11.8. The molecule has 1 aromatic heterocycles. The van der Waals surface area contributed by atoms with Gasteiger partial charge in [-0.3, -0.25) is 5.32 Å². The van der Waals surface area contributed by atoms with Gasteiger partial charge in [0, 0.05) is 11.4 Å². The Morgan fingerprint density at radius 1 is 1.38 bits per heavy atom. The first-order valence-corrected chi connectivity index (χ1v) is 7.52. The smallest absolute Gasteiger partial charge is 0.321 e. The molecule has 2 amide bonds. The third-order valence-corrected chi connectivity index (χ3v) is 4.07. The van der Waals surface area contributed by atoms with Gasteiger partial charge < -0.3 is 10.1 Å². The van der Waals surface area contributed by atoms with E-state index in [4.69, 9.17) is 4.74 Å². The minimum atomic E-state index is -0.230. The first kappa shape index (κ1) is 15.3.